The molecule has 0 radical (unpaired) electrons. The molecule has 1 aliphatic heterocycles. The van der Waals surface area contributed by atoms with Gasteiger partial charge >= 0.3 is 0 Å². The van der Waals surface area contributed by atoms with Gasteiger partial charge in [0.15, 0.2) is 0 Å². The molecule has 20 heavy (non-hydrogen) atoms. The van der Waals surface area contributed by atoms with E-state index >= 15 is 0 Å². The average Bonchev–Trinajstić information content (AvgIpc) is 2.38. The Morgan fingerprint density at radius 1 is 1.45 bits per heavy atom. The van der Waals surface area contributed by atoms with Crippen molar-refractivity contribution in [3.8, 4) is 0 Å². The van der Waals surface area contributed by atoms with E-state index in [0.29, 0.717) is 23.2 Å². The molecule has 7 heteroatoms. The van der Waals surface area contributed by atoms with Crippen LogP contribution in [0.1, 0.15) is 20.8 Å². The third kappa shape index (κ3) is 3.48. The summed E-state index contributed by atoms with van der Waals surface area (Å²) >= 11 is 7.90. The highest BCUT2D eigenvalue weighted by atomic mass is 35.5. The first-order chi connectivity index (χ1) is 9.52. The van der Waals surface area contributed by atoms with Crippen LogP contribution in [0.2, 0.25) is 5.15 Å². The molecule has 2 heterocycles. The molecule has 1 aromatic rings. The number of aromatic nitrogens is 2. The minimum absolute atomic E-state index is 0.306. The Kier molecular flexibility index (Phi) is 5.35. The van der Waals surface area contributed by atoms with Crippen LogP contribution in [0, 0.1) is 0 Å². The Morgan fingerprint density at radius 2 is 2.20 bits per heavy atom. The standard InChI is InChI=1S/C13H22ClN5S/c1-8(2)16-12-10(20-4)11(14)17-13(18-12)19-6-5-15-7-9(19)3/h8-9,15H,5-7H2,1-4H3,(H,16,17,18). The first-order valence-electron chi connectivity index (χ1n) is 6.88. The van der Waals surface area contributed by atoms with Gasteiger partial charge in [0.2, 0.25) is 5.95 Å². The Labute approximate surface area is 129 Å². The summed E-state index contributed by atoms with van der Waals surface area (Å²) < 4.78 is 0. The monoisotopic (exact) mass is 315 g/mol. The summed E-state index contributed by atoms with van der Waals surface area (Å²) in [5, 5.41) is 7.25. The normalized spacial score (nSPS) is 19.5. The van der Waals surface area contributed by atoms with Crippen molar-refractivity contribution in [2.24, 2.45) is 0 Å². The quantitative estimate of drug-likeness (QED) is 0.657. The highest BCUT2D eigenvalue weighted by Gasteiger charge is 2.23. The molecule has 112 valence electrons. The van der Waals surface area contributed by atoms with Crippen molar-refractivity contribution < 1.29 is 0 Å². The van der Waals surface area contributed by atoms with E-state index in [0.717, 1.165) is 30.3 Å². The zero-order valence-corrected chi connectivity index (χ0v) is 14.0. The van der Waals surface area contributed by atoms with Gasteiger partial charge in [-0.3, -0.25) is 0 Å². The molecule has 5 nitrogen and oxygen atoms in total. The van der Waals surface area contributed by atoms with E-state index in [-0.39, 0.29) is 0 Å². The number of nitrogens with zero attached hydrogens (tertiary/aromatic N) is 3. The summed E-state index contributed by atoms with van der Waals surface area (Å²) in [6, 6.07) is 0.673. The molecule has 1 unspecified atom stereocenters. The highest BCUT2D eigenvalue weighted by Crippen LogP contribution is 2.32. The van der Waals surface area contributed by atoms with E-state index < -0.39 is 0 Å². The minimum atomic E-state index is 0.306. The number of thioether (sulfide) groups is 1. The van der Waals surface area contributed by atoms with Gasteiger partial charge in [0.25, 0.3) is 0 Å². The molecule has 0 bridgehead atoms. The van der Waals surface area contributed by atoms with E-state index in [2.05, 4.69) is 46.3 Å². The predicted molar refractivity (Wildman–Crippen MR) is 87.3 cm³/mol. The molecule has 1 atom stereocenters. The lowest BCUT2D eigenvalue weighted by atomic mass is 10.2. The van der Waals surface area contributed by atoms with Crippen LogP contribution >= 0.6 is 23.4 Å². The number of anilines is 2. The maximum absolute atomic E-state index is 6.33. The van der Waals surface area contributed by atoms with Crippen molar-refractivity contribution in [2.45, 2.75) is 37.8 Å². The van der Waals surface area contributed by atoms with Gasteiger partial charge in [-0.2, -0.15) is 9.97 Å². The number of rotatable bonds is 4. The van der Waals surface area contributed by atoms with Crippen molar-refractivity contribution in [1.29, 1.82) is 0 Å². The molecule has 1 aliphatic rings. The van der Waals surface area contributed by atoms with Gasteiger partial charge in [-0.15, -0.1) is 11.8 Å². The Morgan fingerprint density at radius 3 is 2.80 bits per heavy atom. The van der Waals surface area contributed by atoms with Crippen LogP contribution in [-0.2, 0) is 0 Å². The number of halogens is 1. The predicted octanol–water partition coefficient (Wildman–Crippen LogP) is 2.47. The van der Waals surface area contributed by atoms with Gasteiger partial charge in [0.1, 0.15) is 11.0 Å². The van der Waals surface area contributed by atoms with Gasteiger partial charge in [0.05, 0.1) is 4.90 Å². The molecule has 1 fully saturated rings. The average molecular weight is 316 g/mol. The lowest BCUT2D eigenvalue weighted by molar-refractivity contribution is 0.492. The van der Waals surface area contributed by atoms with Crippen LogP contribution in [0.25, 0.3) is 0 Å². The van der Waals surface area contributed by atoms with E-state index in [1.165, 1.54) is 0 Å². The van der Waals surface area contributed by atoms with Gasteiger partial charge < -0.3 is 15.5 Å². The van der Waals surface area contributed by atoms with Gasteiger partial charge in [-0.05, 0) is 27.0 Å². The molecule has 0 spiro atoms. The molecule has 2 N–H and O–H groups in total. The fraction of sp³-hybridized carbons (Fsp3) is 0.692. The third-order valence-electron chi connectivity index (χ3n) is 3.20. The maximum Gasteiger partial charge on any atom is 0.229 e. The summed E-state index contributed by atoms with van der Waals surface area (Å²) in [6.07, 6.45) is 1.99. The summed E-state index contributed by atoms with van der Waals surface area (Å²) in [5.74, 6) is 1.54. The second kappa shape index (κ2) is 6.83. The zero-order valence-electron chi connectivity index (χ0n) is 12.4. The van der Waals surface area contributed by atoms with Crippen molar-refractivity contribution in [2.75, 3.05) is 36.1 Å². The van der Waals surface area contributed by atoms with E-state index in [1.54, 1.807) is 11.8 Å². The van der Waals surface area contributed by atoms with Crippen LogP contribution in [0.3, 0.4) is 0 Å². The number of nitrogens with one attached hydrogen (secondary N) is 2. The van der Waals surface area contributed by atoms with Crippen LogP contribution in [0.15, 0.2) is 4.90 Å². The zero-order chi connectivity index (χ0) is 14.7. The molecule has 1 aromatic heterocycles. The fourth-order valence-corrected chi connectivity index (χ4v) is 3.14. The lowest BCUT2D eigenvalue weighted by Crippen LogP contribution is -2.50. The van der Waals surface area contributed by atoms with Crippen molar-refractivity contribution in [3.05, 3.63) is 5.15 Å². The first-order valence-corrected chi connectivity index (χ1v) is 8.48. The summed E-state index contributed by atoms with van der Waals surface area (Å²) in [5.41, 5.74) is 0. The third-order valence-corrected chi connectivity index (χ3v) is 4.38. The van der Waals surface area contributed by atoms with Crippen molar-refractivity contribution >= 4 is 35.1 Å². The Bertz CT molecular complexity index is 468. The lowest BCUT2D eigenvalue weighted by Gasteiger charge is -2.34. The van der Waals surface area contributed by atoms with E-state index in [1.807, 2.05) is 6.26 Å². The van der Waals surface area contributed by atoms with Crippen LogP contribution in [0.5, 0.6) is 0 Å². The summed E-state index contributed by atoms with van der Waals surface area (Å²) in [4.78, 5) is 12.3. The number of piperazine rings is 1. The SMILES string of the molecule is CSc1c(Cl)nc(N2CCNCC2C)nc1NC(C)C. The number of hydrogen-bond acceptors (Lipinski definition) is 6. The molecule has 0 aliphatic carbocycles. The fourth-order valence-electron chi connectivity index (χ4n) is 2.23. The molecule has 1 saturated heterocycles. The molecule has 0 saturated carbocycles. The maximum atomic E-state index is 6.33. The van der Waals surface area contributed by atoms with Crippen LogP contribution < -0.4 is 15.5 Å². The van der Waals surface area contributed by atoms with E-state index in [4.69, 9.17) is 11.6 Å². The number of hydrogen-bond donors (Lipinski definition) is 2. The molecular formula is C13H22ClN5S. The second-order valence-corrected chi connectivity index (χ2v) is 6.42. The Hall–Kier alpha value is -0.720. The second-order valence-electron chi connectivity index (χ2n) is 5.24. The van der Waals surface area contributed by atoms with Gasteiger partial charge in [0, 0.05) is 31.7 Å². The van der Waals surface area contributed by atoms with E-state index in [9.17, 15) is 0 Å². The Balaban J connectivity index is 2.36. The first kappa shape index (κ1) is 15.7. The molecular weight excluding hydrogens is 294 g/mol. The van der Waals surface area contributed by atoms with Crippen LogP contribution in [0.4, 0.5) is 11.8 Å². The molecule has 0 amide bonds. The van der Waals surface area contributed by atoms with Crippen molar-refractivity contribution in [1.82, 2.24) is 15.3 Å². The highest BCUT2D eigenvalue weighted by molar-refractivity contribution is 7.98. The topological polar surface area (TPSA) is 53.1 Å². The van der Waals surface area contributed by atoms with Crippen LogP contribution in [-0.4, -0.2) is 47.9 Å². The van der Waals surface area contributed by atoms with Gasteiger partial charge in [-0.1, -0.05) is 11.6 Å². The minimum Gasteiger partial charge on any atom is -0.367 e. The van der Waals surface area contributed by atoms with Crippen molar-refractivity contribution in [3.63, 3.8) is 0 Å². The molecule has 0 aromatic carbocycles. The summed E-state index contributed by atoms with van der Waals surface area (Å²) in [6.45, 7) is 9.14. The summed E-state index contributed by atoms with van der Waals surface area (Å²) in [7, 11) is 0. The largest absolute Gasteiger partial charge is 0.367 e. The smallest absolute Gasteiger partial charge is 0.229 e. The molecule has 2 rings (SSSR count). The van der Waals surface area contributed by atoms with Gasteiger partial charge in [-0.25, -0.2) is 0 Å².